The molecule has 0 unspecified atom stereocenters. The summed E-state index contributed by atoms with van der Waals surface area (Å²) in [5.41, 5.74) is 0. The molecule has 1 amide bonds. The molecule has 0 spiro atoms. The van der Waals surface area contributed by atoms with Gasteiger partial charge in [-0.2, -0.15) is 0 Å². The maximum atomic E-state index is 11.9. The van der Waals surface area contributed by atoms with Crippen molar-refractivity contribution in [2.45, 2.75) is 13.3 Å². The van der Waals surface area contributed by atoms with Crippen molar-refractivity contribution in [3.05, 3.63) is 28.0 Å². The number of hydrogen-bond donors (Lipinski definition) is 0. The minimum Gasteiger partial charge on any atom is -0.395 e. The van der Waals surface area contributed by atoms with E-state index in [2.05, 4.69) is 15.9 Å². The average molecular weight is 305 g/mol. The Hall–Kier alpha value is -1.37. The number of nitro groups is 1. The Morgan fingerprint density at radius 1 is 1.59 bits per heavy atom. The summed E-state index contributed by atoms with van der Waals surface area (Å²) in [5.74, 6) is -0.723. The first kappa shape index (κ1) is 13.7. The van der Waals surface area contributed by atoms with E-state index in [0.29, 0.717) is 13.1 Å². The summed E-state index contributed by atoms with van der Waals surface area (Å²) in [6.07, 6.45) is 0.822. The molecular formula is C10H13BrN2O4. The van der Waals surface area contributed by atoms with Gasteiger partial charge in [-0.25, -0.2) is 0 Å². The number of carbonyl (C=O) groups excluding carboxylic acids is 1. The van der Waals surface area contributed by atoms with Crippen LogP contribution in [0.2, 0.25) is 0 Å². The summed E-state index contributed by atoms with van der Waals surface area (Å²) in [6.45, 7) is 2.99. The molecule has 0 aliphatic rings. The molecule has 1 heterocycles. The quantitative estimate of drug-likeness (QED) is 0.459. The van der Waals surface area contributed by atoms with E-state index in [-0.39, 0.29) is 11.7 Å². The molecule has 1 rings (SSSR count). The molecule has 0 fully saturated rings. The fourth-order valence-electron chi connectivity index (χ4n) is 1.35. The third kappa shape index (κ3) is 3.55. The summed E-state index contributed by atoms with van der Waals surface area (Å²) in [7, 11) is 0. The van der Waals surface area contributed by atoms with Crippen LogP contribution in [0.4, 0.5) is 5.88 Å². The molecule has 1 aromatic heterocycles. The van der Waals surface area contributed by atoms with Gasteiger partial charge in [0.25, 0.3) is 5.91 Å². The number of nitrogens with zero attached hydrogens (tertiary/aromatic N) is 2. The highest BCUT2D eigenvalue weighted by Gasteiger charge is 2.21. The zero-order chi connectivity index (χ0) is 12.8. The second-order valence-corrected chi connectivity index (χ2v) is 4.12. The van der Waals surface area contributed by atoms with Gasteiger partial charge in [-0.1, -0.05) is 15.9 Å². The normalized spacial score (nSPS) is 10.2. The highest BCUT2D eigenvalue weighted by Crippen LogP contribution is 2.17. The zero-order valence-electron chi connectivity index (χ0n) is 9.39. The van der Waals surface area contributed by atoms with Crippen molar-refractivity contribution in [3.8, 4) is 0 Å². The molecule has 7 heteroatoms. The van der Waals surface area contributed by atoms with Gasteiger partial charge in [0.15, 0.2) is 5.76 Å². The van der Waals surface area contributed by atoms with Gasteiger partial charge in [0.05, 0.1) is 6.07 Å². The van der Waals surface area contributed by atoms with Crippen LogP contribution in [0.1, 0.15) is 23.9 Å². The van der Waals surface area contributed by atoms with E-state index < -0.39 is 10.8 Å². The molecule has 0 N–H and O–H groups in total. The monoisotopic (exact) mass is 304 g/mol. The maximum absolute atomic E-state index is 11.9. The molecule has 17 heavy (non-hydrogen) atoms. The van der Waals surface area contributed by atoms with E-state index in [0.717, 1.165) is 11.8 Å². The Morgan fingerprint density at radius 3 is 2.76 bits per heavy atom. The van der Waals surface area contributed by atoms with Crippen molar-refractivity contribution < 1.29 is 14.1 Å². The van der Waals surface area contributed by atoms with Crippen molar-refractivity contribution in [1.82, 2.24) is 4.90 Å². The second-order valence-electron chi connectivity index (χ2n) is 3.32. The Morgan fingerprint density at radius 2 is 2.29 bits per heavy atom. The second kappa shape index (κ2) is 6.39. The largest absolute Gasteiger partial charge is 0.433 e. The van der Waals surface area contributed by atoms with Gasteiger partial charge in [-0.05, 0) is 19.4 Å². The number of furan rings is 1. The molecule has 94 valence electrons. The topological polar surface area (TPSA) is 76.6 Å². The van der Waals surface area contributed by atoms with Gasteiger partial charge in [0.2, 0.25) is 0 Å². The van der Waals surface area contributed by atoms with Crippen molar-refractivity contribution in [2.24, 2.45) is 0 Å². The van der Waals surface area contributed by atoms with Crippen LogP contribution >= 0.6 is 15.9 Å². The van der Waals surface area contributed by atoms with Crippen molar-refractivity contribution >= 4 is 27.7 Å². The summed E-state index contributed by atoms with van der Waals surface area (Å²) < 4.78 is 4.87. The molecule has 0 saturated heterocycles. The van der Waals surface area contributed by atoms with Gasteiger partial charge in [-0.3, -0.25) is 14.9 Å². The number of rotatable bonds is 6. The molecule has 0 saturated carbocycles. The minimum absolute atomic E-state index is 0.00752. The van der Waals surface area contributed by atoms with Crippen LogP contribution in [0.25, 0.3) is 0 Å². The molecule has 0 aliphatic heterocycles. The first-order valence-electron chi connectivity index (χ1n) is 5.19. The number of halogens is 1. The molecule has 6 nitrogen and oxygen atoms in total. The Balaban J connectivity index is 2.75. The van der Waals surface area contributed by atoms with Gasteiger partial charge in [0, 0.05) is 18.4 Å². The number of amides is 1. The Bertz CT molecular complexity index is 405. The van der Waals surface area contributed by atoms with Crippen LogP contribution in [0, 0.1) is 10.1 Å². The predicted octanol–water partition coefficient (Wildman–Crippen LogP) is 2.43. The first-order chi connectivity index (χ1) is 8.10. The fraction of sp³-hybridized carbons (Fsp3) is 0.500. The van der Waals surface area contributed by atoms with Gasteiger partial charge < -0.3 is 9.32 Å². The van der Waals surface area contributed by atoms with Crippen molar-refractivity contribution in [1.29, 1.82) is 0 Å². The first-order valence-corrected chi connectivity index (χ1v) is 6.31. The number of carbonyl (C=O) groups is 1. The third-order valence-corrected chi connectivity index (χ3v) is 2.77. The van der Waals surface area contributed by atoms with Crippen LogP contribution in [0.15, 0.2) is 16.5 Å². The highest BCUT2D eigenvalue weighted by atomic mass is 79.9. The number of alkyl halides is 1. The van der Waals surface area contributed by atoms with Crippen LogP contribution in [0.5, 0.6) is 0 Å². The van der Waals surface area contributed by atoms with E-state index in [1.54, 1.807) is 4.90 Å². The molecule has 0 aromatic carbocycles. The lowest BCUT2D eigenvalue weighted by Crippen LogP contribution is -2.31. The van der Waals surface area contributed by atoms with Crippen LogP contribution in [0.3, 0.4) is 0 Å². The van der Waals surface area contributed by atoms with Crippen LogP contribution in [-0.2, 0) is 0 Å². The van der Waals surface area contributed by atoms with Crippen LogP contribution in [-0.4, -0.2) is 34.2 Å². The summed E-state index contributed by atoms with van der Waals surface area (Å²) >= 11 is 3.28. The SMILES string of the molecule is CCN(CCCBr)C(=O)c1ccc([N+](=O)[O-])o1. The standard InChI is InChI=1S/C10H13BrN2O4/c1-2-12(7-3-6-11)10(14)8-4-5-9(17-8)13(15)16/h4-5H,2-3,6-7H2,1H3. The third-order valence-electron chi connectivity index (χ3n) is 2.21. The fourth-order valence-corrected chi connectivity index (χ4v) is 1.60. The molecule has 0 radical (unpaired) electrons. The lowest BCUT2D eigenvalue weighted by Gasteiger charge is -2.18. The summed E-state index contributed by atoms with van der Waals surface area (Å²) in [4.78, 5) is 23.3. The molecule has 0 bridgehead atoms. The molecule has 0 atom stereocenters. The van der Waals surface area contributed by atoms with Gasteiger partial charge in [-0.15, -0.1) is 0 Å². The van der Waals surface area contributed by atoms with Gasteiger partial charge in [0.1, 0.15) is 4.92 Å². The maximum Gasteiger partial charge on any atom is 0.433 e. The summed E-state index contributed by atoms with van der Waals surface area (Å²) in [6, 6.07) is 2.52. The zero-order valence-corrected chi connectivity index (χ0v) is 11.0. The molecular weight excluding hydrogens is 292 g/mol. The van der Waals surface area contributed by atoms with E-state index in [1.807, 2.05) is 6.92 Å². The smallest absolute Gasteiger partial charge is 0.395 e. The van der Waals surface area contributed by atoms with Crippen molar-refractivity contribution in [2.75, 3.05) is 18.4 Å². The van der Waals surface area contributed by atoms with Gasteiger partial charge >= 0.3 is 5.88 Å². The lowest BCUT2D eigenvalue weighted by atomic mass is 10.3. The average Bonchev–Trinajstić information content (AvgIpc) is 2.79. The lowest BCUT2D eigenvalue weighted by molar-refractivity contribution is -0.402. The number of hydrogen-bond acceptors (Lipinski definition) is 4. The predicted molar refractivity (Wildman–Crippen MR) is 65.4 cm³/mol. The van der Waals surface area contributed by atoms with E-state index in [9.17, 15) is 14.9 Å². The van der Waals surface area contributed by atoms with E-state index >= 15 is 0 Å². The van der Waals surface area contributed by atoms with E-state index in [1.165, 1.54) is 12.1 Å². The van der Waals surface area contributed by atoms with Crippen LogP contribution < -0.4 is 0 Å². The van der Waals surface area contributed by atoms with E-state index in [4.69, 9.17) is 4.42 Å². The molecule has 1 aromatic rings. The van der Waals surface area contributed by atoms with Crippen molar-refractivity contribution in [3.63, 3.8) is 0 Å². The Labute approximate surface area is 107 Å². The minimum atomic E-state index is -0.661. The summed E-state index contributed by atoms with van der Waals surface area (Å²) in [5, 5.41) is 11.2. The molecule has 0 aliphatic carbocycles. The highest BCUT2D eigenvalue weighted by molar-refractivity contribution is 9.09. The Kier molecular flexibility index (Phi) is 5.14.